The van der Waals surface area contributed by atoms with E-state index in [2.05, 4.69) is 5.32 Å². The number of nitrogens with one attached hydrogen (secondary N) is 1. The molecule has 0 spiro atoms. The molecule has 0 aromatic heterocycles. The van der Waals surface area contributed by atoms with Crippen LogP contribution in [0.4, 0.5) is 0 Å². The van der Waals surface area contributed by atoms with Crippen molar-refractivity contribution in [3.63, 3.8) is 0 Å². The van der Waals surface area contributed by atoms with Crippen molar-refractivity contribution in [3.8, 4) is 5.75 Å². The van der Waals surface area contributed by atoms with Gasteiger partial charge in [0.15, 0.2) is 6.04 Å². The van der Waals surface area contributed by atoms with Crippen LogP contribution in [-0.4, -0.2) is 25.6 Å². The number of rotatable bonds is 6. The predicted octanol–water partition coefficient (Wildman–Crippen LogP) is 3.65. The highest BCUT2D eigenvalue weighted by molar-refractivity contribution is 5.97. The van der Waals surface area contributed by atoms with E-state index in [-0.39, 0.29) is 12.5 Å². The van der Waals surface area contributed by atoms with Crippen molar-refractivity contribution in [1.29, 1.82) is 0 Å². The standard InChI is InChI=1S/C21H25NO4/c1-6-26-21(24)19(18-14(3)11-13(2)12-15(18)4)22-20(23)16-7-9-17(25-5)10-8-16/h7-12,19H,6H2,1-5H3,(H,22,23). The van der Waals surface area contributed by atoms with Crippen LogP contribution in [-0.2, 0) is 9.53 Å². The number of hydrogen-bond acceptors (Lipinski definition) is 4. The molecule has 0 heterocycles. The number of esters is 1. The summed E-state index contributed by atoms with van der Waals surface area (Å²) in [4.78, 5) is 25.2. The fourth-order valence-corrected chi connectivity index (χ4v) is 3.08. The molecule has 2 aromatic carbocycles. The molecule has 1 amide bonds. The summed E-state index contributed by atoms with van der Waals surface area (Å²) in [6.45, 7) is 7.86. The van der Waals surface area contributed by atoms with E-state index in [0.717, 1.165) is 22.3 Å². The van der Waals surface area contributed by atoms with E-state index in [0.29, 0.717) is 11.3 Å². The average molecular weight is 355 g/mol. The van der Waals surface area contributed by atoms with Gasteiger partial charge in [0.1, 0.15) is 5.75 Å². The molecule has 0 aliphatic rings. The zero-order valence-corrected chi connectivity index (χ0v) is 15.9. The lowest BCUT2D eigenvalue weighted by atomic mass is 9.93. The third kappa shape index (κ3) is 4.42. The second-order valence-electron chi connectivity index (χ2n) is 6.20. The van der Waals surface area contributed by atoms with Crippen LogP contribution in [0.5, 0.6) is 5.75 Å². The highest BCUT2D eigenvalue weighted by Gasteiger charge is 2.27. The molecule has 0 saturated carbocycles. The molecule has 1 atom stereocenters. The van der Waals surface area contributed by atoms with E-state index in [1.807, 2.05) is 32.9 Å². The number of aryl methyl sites for hydroxylation is 3. The molecule has 0 fully saturated rings. The van der Waals surface area contributed by atoms with E-state index in [1.165, 1.54) is 0 Å². The first-order chi connectivity index (χ1) is 12.4. The Kier molecular flexibility index (Phi) is 6.39. The summed E-state index contributed by atoms with van der Waals surface area (Å²) in [6, 6.07) is 9.86. The van der Waals surface area contributed by atoms with Gasteiger partial charge in [0, 0.05) is 5.56 Å². The van der Waals surface area contributed by atoms with Gasteiger partial charge in [-0.1, -0.05) is 17.7 Å². The minimum atomic E-state index is -0.856. The van der Waals surface area contributed by atoms with Crippen molar-refractivity contribution in [1.82, 2.24) is 5.32 Å². The SMILES string of the molecule is CCOC(=O)C(NC(=O)c1ccc(OC)cc1)c1c(C)cc(C)cc1C. The van der Waals surface area contributed by atoms with Crippen molar-refractivity contribution >= 4 is 11.9 Å². The molecule has 1 N–H and O–H groups in total. The molecular formula is C21H25NO4. The molecule has 138 valence electrons. The summed E-state index contributed by atoms with van der Waals surface area (Å²) >= 11 is 0. The van der Waals surface area contributed by atoms with Crippen LogP contribution in [0.3, 0.4) is 0 Å². The van der Waals surface area contributed by atoms with Gasteiger partial charge >= 0.3 is 5.97 Å². The summed E-state index contributed by atoms with van der Waals surface area (Å²) in [7, 11) is 1.56. The first kappa shape index (κ1) is 19.5. The van der Waals surface area contributed by atoms with Gasteiger partial charge in [0.25, 0.3) is 5.91 Å². The second kappa shape index (κ2) is 8.52. The Balaban J connectivity index is 2.36. The number of methoxy groups -OCH3 is 1. The van der Waals surface area contributed by atoms with Gasteiger partial charge in [-0.05, 0) is 68.7 Å². The lowest BCUT2D eigenvalue weighted by molar-refractivity contribution is -0.145. The fourth-order valence-electron chi connectivity index (χ4n) is 3.08. The van der Waals surface area contributed by atoms with Crippen molar-refractivity contribution in [2.45, 2.75) is 33.7 Å². The summed E-state index contributed by atoms with van der Waals surface area (Å²) in [5.41, 5.74) is 4.21. The lowest BCUT2D eigenvalue weighted by Crippen LogP contribution is -2.36. The molecule has 2 aromatic rings. The first-order valence-electron chi connectivity index (χ1n) is 8.56. The van der Waals surface area contributed by atoms with E-state index in [4.69, 9.17) is 9.47 Å². The third-order valence-corrected chi connectivity index (χ3v) is 4.18. The van der Waals surface area contributed by atoms with Gasteiger partial charge in [0.2, 0.25) is 0 Å². The Hall–Kier alpha value is -2.82. The number of ether oxygens (including phenoxy) is 2. The largest absolute Gasteiger partial charge is 0.497 e. The quantitative estimate of drug-likeness (QED) is 0.803. The minimum absolute atomic E-state index is 0.248. The predicted molar refractivity (Wildman–Crippen MR) is 100 cm³/mol. The number of carbonyl (C=O) groups excluding carboxylic acids is 2. The summed E-state index contributed by atoms with van der Waals surface area (Å²) in [6.07, 6.45) is 0. The van der Waals surface area contributed by atoms with Crippen LogP contribution in [0.2, 0.25) is 0 Å². The topological polar surface area (TPSA) is 64.6 Å². The van der Waals surface area contributed by atoms with Crippen LogP contribution in [0, 0.1) is 20.8 Å². The highest BCUT2D eigenvalue weighted by Crippen LogP contribution is 2.25. The molecule has 5 nitrogen and oxygen atoms in total. The van der Waals surface area contributed by atoms with Gasteiger partial charge in [-0.2, -0.15) is 0 Å². The Labute approximate surface area is 154 Å². The van der Waals surface area contributed by atoms with E-state index in [1.54, 1.807) is 38.3 Å². The number of benzene rings is 2. The average Bonchev–Trinajstić information content (AvgIpc) is 2.60. The molecule has 1 unspecified atom stereocenters. The van der Waals surface area contributed by atoms with Crippen molar-refractivity contribution < 1.29 is 19.1 Å². The zero-order chi connectivity index (χ0) is 19.3. The Morgan fingerprint density at radius 3 is 2.12 bits per heavy atom. The number of hydrogen-bond donors (Lipinski definition) is 1. The Bertz CT molecular complexity index is 773. The van der Waals surface area contributed by atoms with Gasteiger partial charge in [-0.3, -0.25) is 4.79 Å². The van der Waals surface area contributed by atoms with E-state index in [9.17, 15) is 9.59 Å². The second-order valence-corrected chi connectivity index (χ2v) is 6.20. The van der Waals surface area contributed by atoms with Crippen LogP contribution in [0.25, 0.3) is 0 Å². The summed E-state index contributed by atoms with van der Waals surface area (Å²) in [5, 5.41) is 2.82. The third-order valence-electron chi connectivity index (χ3n) is 4.18. The number of carbonyl (C=O) groups is 2. The maximum Gasteiger partial charge on any atom is 0.333 e. The maximum atomic E-state index is 12.7. The Morgan fingerprint density at radius 2 is 1.62 bits per heavy atom. The fraction of sp³-hybridized carbons (Fsp3) is 0.333. The molecule has 0 aliphatic heterocycles. The molecular weight excluding hydrogens is 330 g/mol. The molecule has 0 bridgehead atoms. The molecule has 26 heavy (non-hydrogen) atoms. The van der Waals surface area contributed by atoms with E-state index >= 15 is 0 Å². The van der Waals surface area contributed by atoms with Crippen LogP contribution in [0.15, 0.2) is 36.4 Å². The van der Waals surface area contributed by atoms with Gasteiger partial charge < -0.3 is 14.8 Å². The molecule has 5 heteroatoms. The highest BCUT2D eigenvalue weighted by atomic mass is 16.5. The van der Waals surface area contributed by atoms with Gasteiger partial charge in [-0.25, -0.2) is 4.79 Å². The van der Waals surface area contributed by atoms with E-state index < -0.39 is 12.0 Å². The van der Waals surface area contributed by atoms with Crippen molar-refractivity contribution in [2.24, 2.45) is 0 Å². The van der Waals surface area contributed by atoms with Crippen LogP contribution >= 0.6 is 0 Å². The zero-order valence-electron chi connectivity index (χ0n) is 15.9. The van der Waals surface area contributed by atoms with Crippen molar-refractivity contribution in [2.75, 3.05) is 13.7 Å². The molecule has 2 rings (SSSR count). The normalized spacial score (nSPS) is 11.6. The number of amides is 1. The molecule has 0 aliphatic carbocycles. The summed E-state index contributed by atoms with van der Waals surface area (Å²) in [5.74, 6) is -0.150. The van der Waals surface area contributed by atoms with Gasteiger partial charge in [-0.15, -0.1) is 0 Å². The lowest BCUT2D eigenvalue weighted by Gasteiger charge is -2.22. The monoisotopic (exact) mass is 355 g/mol. The summed E-state index contributed by atoms with van der Waals surface area (Å²) < 4.78 is 10.3. The molecule has 0 saturated heterocycles. The van der Waals surface area contributed by atoms with Crippen LogP contribution in [0.1, 0.15) is 45.6 Å². The Morgan fingerprint density at radius 1 is 1.04 bits per heavy atom. The first-order valence-corrected chi connectivity index (χ1v) is 8.56. The smallest absolute Gasteiger partial charge is 0.333 e. The molecule has 0 radical (unpaired) electrons. The van der Waals surface area contributed by atoms with Crippen LogP contribution < -0.4 is 10.1 Å². The van der Waals surface area contributed by atoms with Crippen molar-refractivity contribution in [3.05, 3.63) is 64.2 Å². The minimum Gasteiger partial charge on any atom is -0.497 e. The van der Waals surface area contributed by atoms with Gasteiger partial charge in [0.05, 0.1) is 13.7 Å². The maximum absolute atomic E-state index is 12.7.